The van der Waals surface area contributed by atoms with Gasteiger partial charge < -0.3 is 9.80 Å². The number of fused-ring (bicyclic) bond motifs is 1. The fraction of sp³-hybridized carbons (Fsp3) is 0.300. The van der Waals surface area contributed by atoms with Crippen LogP contribution in [-0.2, 0) is 6.18 Å². The SMILES string of the molecule is Cc1cc(C(F)(F)F)nc2sc(C(=O)N3CCN(c4ccccc4)CC3)cc12. The number of rotatable bonds is 2. The van der Waals surface area contributed by atoms with E-state index in [4.69, 9.17) is 0 Å². The zero-order valence-electron chi connectivity index (χ0n) is 15.2. The van der Waals surface area contributed by atoms with Crippen LogP contribution in [0.5, 0.6) is 0 Å². The second-order valence-electron chi connectivity index (χ2n) is 6.77. The fourth-order valence-corrected chi connectivity index (χ4v) is 4.46. The summed E-state index contributed by atoms with van der Waals surface area (Å²) < 4.78 is 39.0. The number of hydrogen-bond donors (Lipinski definition) is 0. The highest BCUT2D eigenvalue weighted by Gasteiger charge is 2.33. The van der Waals surface area contributed by atoms with Crippen LogP contribution in [0.1, 0.15) is 20.9 Å². The molecule has 146 valence electrons. The molecule has 4 rings (SSSR count). The van der Waals surface area contributed by atoms with Gasteiger partial charge in [-0.1, -0.05) is 18.2 Å². The van der Waals surface area contributed by atoms with Gasteiger partial charge in [-0.05, 0) is 36.8 Å². The zero-order chi connectivity index (χ0) is 19.9. The molecule has 1 amide bonds. The van der Waals surface area contributed by atoms with Crippen molar-refractivity contribution in [1.82, 2.24) is 9.88 Å². The van der Waals surface area contributed by atoms with Crippen molar-refractivity contribution in [3.05, 3.63) is 58.6 Å². The number of carbonyl (C=O) groups excluding carboxylic acids is 1. The van der Waals surface area contributed by atoms with Crippen LogP contribution >= 0.6 is 11.3 Å². The molecule has 8 heteroatoms. The molecule has 2 aromatic heterocycles. The molecule has 0 bridgehead atoms. The Labute approximate surface area is 164 Å². The topological polar surface area (TPSA) is 36.4 Å². The van der Waals surface area contributed by atoms with Crippen molar-refractivity contribution < 1.29 is 18.0 Å². The molecule has 3 aromatic rings. The maximum absolute atomic E-state index is 13.0. The predicted molar refractivity (Wildman–Crippen MR) is 104 cm³/mol. The maximum Gasteiger partial charge on any atom is 0.433 e. The Morgan fingerprint density at radius 2 is 1.75 bits per heavy atom. The minimum absolute atomic E-state index is 0.149. The number of carbonyl (C=O) groups is 1. The van der Waals surface area contributed by atoms with E-state index < -0.39 is 11.9 Å². The molecule has 4 nitrogen and oxygen atoms in total. The van der Waals surface area contributed by atoms with E-state index >= 15 is 0 Å². The van der Waals surface area contributed by atoms with Gasteiger partial charge >= 0.3 is 6.18 Å². The van der Waals surface area contributed by atoms with E-state index in [1.165, 1.54) is 0 Å². The molecular formula is C20H18F3N3OS. The average Bonchev–Trinajstić information content (AvgIpc) is 3.12. The lowest BCUT2D eigenvalue weighted by molar-refractivity contribution is -0.141. The predicted octanol–water partition coefficient (Wildman–Crippen LogP) is 4.59. The van der Waals surface area contributed by atoms with Crippen LogP contribution in [0.4, 0.5) is 18.9 Å². The number of alkyl halides is 3. The van der Waals surface area contributed by atoms with E-state index in [1.807, 2.05) is 30.3 Å². The molecule has 1 aromatic carbocycles. The molecule has 0 spiro atoms. The van der Waals surface area contributed by atoms with Crippen molar-refractivity contribution in [2.24, 2.45) is 0 Å². The second-order valence-corrected chi connectivity index (χ2v) is 7.80. The van der Waals surface area contributed by atoms with Gasteiger partial charge in [0.15, 0.2) is 0 Å². The first-order valence-electron chi connectivity index (χ1n) is 8.90. The third kappa shape index (κ3) is 3.56. The van der Waals surface area contributed by atoms with Gasteiger partial charge in [-0.25, -0.2) is 4.98 Å². The molecule has 28 heavy (non-hydrogen) atoms. The van der Waals surface area contributed by atoms with Gasteiger partial charge in [0.25, 0.3) is 5.91 Å². The number of benzene rings is 1. The lowest BCUT2D eigenvalue weighted by atomic mass is 10.1. The molecule has 0 atom stereocenters. The summed E-state index contributed by atoms with van der Waals surface area (Å²) in [6.45, 7) is 4.19. The Morgan fingerprint density at radius 1 is 1.07 bits per heavy atom. The quantitative estimate of drug-likeness (QED) is 0.626. The molecule has 1 aliphatic heterocycles. The van der Waals surface area contributed by atoms with E-state index in [9.17, 15) is 18.0 Å². The minimum atomic E-state index is -4.50. The molecule has 0 saturated carbocycles. The maximum atomic E-state index is 13.0. The number of thiophene rings is 1. The summed E-state index contributed by atoms with van der Waals surface area (Å²) >= 11 is 1.02. The molecule has 0 unspecified atom stereocenters. The Kier molecular flexibility index (Phi) is 4.74. The largest absolute Gasteiger partial charge is 0.433 e. The highest BCUT2D eigenvalue weighted by atomic mass is 32.1. The number of hydrogen-bond acceptors (Lipinski definition) is 4. The summed E-state index contributed by atoms with van der Waals surface area (Å²) in [5.41, 5.74) is 0.673. The van der Waals surface area contributed by atoms with Gasteiger partial charge in [0.2, 0.25) is 0 Å². The molecule has 1 fully saturated rings. The van der Waals surface area contributed by atoms with Gasteiger partial charge in [0, 0.05) is 37.3 Å². The van der Waals surface area contributed by atoms with Crippen molar-refractivity contribution in [3.63, 3.8) is 0 Å². The molecule has 0 N–H and O–H groups in total. The van der Waals surface area contributed by atoms with E-state index in [-0.39, 0.29) is 10.7 Å². The van der Waals surface area contributed by atoms with Crippen LogP contribution in [0, 0.1) is 6.92 Å². The monoisotopic (exact) mass is 405 g/mol. The number of halogens is 3. The van der Waals surface area contributed by atoms with Crippen LogP contribution in [0.3, 0.4) is 0 Å². The number of amides is 1. The number of aryl methyl sites for hydroxylation is 1. The van der Waals surface area contributed by atoms with Crippen molar-refractivity contribution in [1.29, 1.82) is 0 Å². The third-order valence-corrected chi connectivity index (χ3v) is 5.92. The van der Waals surface area contributed by atoms with Crippen LogP contribution in [0.15, 0.2) is 42.5 Å². The normalized spacial score (nSPS) is 15.3. The van der Waals surface area contributed by atoms with Crippen molar-refractivity contribution in [2.45, 2.75) is 13.1 Å². The summed E-state index contributed by atoms with van der Waals surface area (Å²) in [6, 6.07) is 12.7. The van der Waals surface area contributed by atoms with E-state index in [2.05, 4.69) is 9.88 Å². The van der Waals surface area contributed by atoms with Crippen LogP contribution < -0.4 is 4.90 Å². The van der Waals surface area contributed by atoms with Gasteiger partial charge in [-0.15, -0.1) is 11.3 Å². The smallest absolute Gasteiger partial charge is 0.368 e. The molecule has 3 heterocycles. The number of para-hydroxylation sites is 1. The molecule has 0 radical (unpaired) electrons. The highest BCUT2D eigenvalue weighted by Crippen LogP contribution is 2.34. The lowest BCUT2D eigenvalue weighted by Crippen LogP contribution is -2.48. The Morgan fingerprint density at radius 3 is 2.39 bits per heavy atom. The first kappa shape index (κ1) is 18.7. The van der Waals surface area contributed by atoms with Gasteiger partial charge in [-0.3, -0.25) is 4.79 Å². The fourth-order valence-electron chi connectivity index (χ4n) is 3.38. The van der Waals surface area contributed by atoms with Crippen molar-refractivity contribution in [2.75, 3.05) is 31.1 Å². The summed E-state index contributed by atoms with van der Waals surface area (Å²) in [7, 11) is 0. The Bertz CT molecular complexity index is 1010. The van der Waals surface area contributed by atoms with Crippen molar-refractivity contribution in [3.8, 4) is 0 Å². The summed E-state index contributed by atoms with van der Waals surface area (Å²) in [6.07, 6.45) is -4.50. The molecular weight excluding hydrogens is 387 g/mol. The first-order valence-corrected chi connectivity index (χ1v) is 9.72. The van der Waals surface area contributed by atoms with E-state index in [1.54, 1.807) is 17.9 Å². The highest BCUT2D eigenvalue weighted by molar-refractivity contribution is 7.20. The molecule has 0 aliphatic carbocycles. The zero-order valence-corrected chi connectivity index (χ0v) is 16.0. The Hall–Kier alpha value is -2.61. The van der Waals surface area contributed by atoms with Crippen LogP contribution in [0.25, 0.3) is 10.2 Å². The average molecular weight is 405 g/mol. The number of piperazine rings is 1. The summed E-state index contributed by atoms with van der Waals surface area (Å²) in [4.78, 5) is 21.2. The number of pyridine rings is 1. The van der Waals surface area contributed by atoms with Gasteiger partial charge in [-0.2, -0.15) is 13.2 Å². The summed E-state index contributed by atoms with van der Waals surface area (Å²) in [5, 5.41) is 0.601. The second kappa shape index (κ2) is 7.09. The molecule has 1 saturated heterocycles. The first-order chi connectivity index (χ1) is 13.3. The van der Waals surface area contributed by atoms with Gasteiger partial charge in [0.1, 0.15) is 10.5 Å². The lowest BCUT2D eigenvalue weighted by Gasteiger charge is -2.35. The number of anilines is 1. The standard InChI is InChI=1S/C20H18F3N3OS/c1-13-11-17(20(21,22)23)24-18-15(13)12-16(28-18)19(27)26-9-7-25(8-10-26)14-5-3-2-4-6-14/h2-6,11-12H,7-10H2,1H3. The minimum Gasteiger partial charge on any atom is -0.368 e. The van der Waals surface area contributed by atoms with E-state index in [0.717, 1.165) is 36.2 Å². The molecule has 1 aliphatic rings. The number of nitrogens with zero attached hydrogens (tertiary/aromatic N) is 3. The van der Waals surface area contributed by atoms with Crippen LogP contribution in [-0.4, -0.2) is 42.0 Å². The third-order valence-electron chi connectivity index (χ3n) is 4.90. The van der Waals surface area contributed by atoms with E-state index in [0.29, 0.717) is 28.9 Å². The van der Waals surface area contributed by atoms with Gasteiger partial charge in [0.05, 0.1) is 4.88 Å². The Balaban J connectivity index is 1.52. The number of aromatic nitrogens is 1. The summed E-state index contributed by atoms with van der Waals surface area (Å²) in [5.74, 6) is -0.149. The van der Waals surface area contributed by atoms with Crippen molar-refractivity contribution >= 4 is 33.1 Å². The van der Waals surface area contributed by atoms with Crippen LogP contribution in [0.2, 0.25) is 0 Å².